The van der Waals surface area contributed by atoms with Crippen molar-refractivity contribution in [2.75, 3.05) is 46.0 Å². The van der Waals surface area contributed by atoms with E-state index >= 15 is 0 Å². The van der Waals surface area contributed by atoms with Crippen LogP contribution in [0.1, 0.15) is 41.1 Å². The molecule has 1 saturated heterocycles. The molecule has 0 aliphatic carbocycles. The Balaban J connectivity index is 1.53. The van der Waals surface area contributed by atoms with Crippen LogP contribution in [0.4, 0.5) is 0 Å². The maximum Gasteiger partial charge on any atom is 0.290 e. The fourth-order valence-electron chi connectivity index (χ4n) is 4.77. The first-order valence-electron chi connectivity index (χ1n) is 11.6. The van der Waals surface area contributed by atoms with Crippen LogP contribution < -0.4 is 10.2 Å². The lowest BCUT2D eigenvalue weighted by molar-refractivity contribution is 0.0353. The van der Waals surface area contributed by atoms with Gasteiger partial charge in [0.05, 0.1) is 36.8 Å². The summed E-state index contributed by atoms with van der Waals surface area (Å²) in [6.45, 7) is 7.16. The normalized spacial score (nSPS) is 18.6. The van der Waals surface area contributed by atoms with Gasteiger partial charge < -0.3 is 18.8 Å². The zero-order valence-corrected chi connectivity index (χ0v) is 18.8. The standard InChI is InChI=1S/C26H28N2O5/c1-2-32-19-8-5-7-18(17-19)23-22-24(29)20-9-3-4-10-21(20)33-25(22)26(30)28(23)12-6-11-27-13-15-31-16-14-27/h3-5,7-10,17,23H,2,6,11-16H2,1H3/t23-/m1/s1. The molecule has 0 spiro atoms. The van der Waals surface area contributed by atoms with Crippen LogP contribution in [-0.4, -0.2) is 61.7 Å². The van der Waals surface area contributed by atoms with E-state index in [1.54, 1.807) is 23.1 Å². The van der Waals surface area contributed by atoms with Gasteiger partial charge in [-0.25, -0.2) is 0 Å². The fourth-order valence-corrected chi connectivity index (χ4v) is 4.77. The zero-order valence-electron chi connectivity index (χ0n) is 18.8. The number of ether oxygens (including phenoxy) is 2. The molecule has 1 amide bonds. The van der Waals surface area contributed by atoms with Gasteiger partial charge in [-0.15, -0.1) is 0 Å². The van der Waals surface area contributed by atoms with Crippen LogP contribution >= 0.6 is 0 Å². The molecule has 7 nitrogen and oxygen atoms in total. The maximum absolute atomic E-state index is 13.5. The lowest BCUT2D eigenvalue weighted by Crippen LogP contribution is -2.38. The van der Waals surface area contributed by atoms with Crippen LogP contribution in [0.15, 0.2) is 57.7 Å². The van der Waals surface area contributed by atoms with Gasteiger partial charge >= 0.3 is 0 Å². The van der Waals surface area contributed by atoms with Gasteiger partial charge in [0.25, 0.3) is 5.91 Å². The fraction of sp³-hybridized carbons (Fsp3) is 0.385. The summed E-state index contributed by atoms with van der Waals surface area (Å²) in [7, 11) is 0. The van der Waals surface area contributed by atoms with Gasteiger partial charge in [-0.1, -0.05) is 24.3 Å². The third kappa shape index (κ3) is 4.14. The molecule has 0 unspecified atom stereocenters. The van der Waals surface area contributed by atoms with Gasteiger partial charge in [0, 0.05) is 26.2 Å². The van der Waals surface area contributed by atoms with E-state index in [-0.39, 0.29) is 17.1 Å². The summed E-state index contributed by atoms with van der Waals surface area (Å²) in [5.74, 6) is 0.632. The van der Waals surface area contributed by atoms with Crippen LogP contribution in [0.3, 0.4) is 0 Å². The highest BCUT2D eigenvalue weighted by Gasteiger charge is 2.42. The van der Waals surface area contributed by atoms with Crippen LogP contribution in [0.25, 0.3) is 11.0 Å². The molecule has 33 heavy (non-hydrogen) atoms. The van der Waals surface area contributed by atoms with Crippen LogP contribution in [0.2, 0.25) is 0 Å². The Kier molecular flexibility index (Phi) is 6.15. The van der Waals surface area contributed by atoms with Crippen LogP contribution in [-0.2, 0) is 4.74 Å². The molecule has 7 heteroatoms. The highest BCUT2D eigenvalue weighted by atomic mass is 16.5. The van der Waals surface area contributed by atoms with E-state index in [0.29, 0.717) is 35.4 Å². The Morgan fingerprint density at radius 1 is 1.03 bits per heavy atom. The van der Waals surface area contributed by atoms with Crippen molar-refractivity contribution in [1.29, 1.82) is 0 Å². The van der Waals surface area contributed by atoms with Gasteiger partial charge in [-0.05, 0) is 43.2 Å². The molecule has 2 aromatic carbocycles. The summed E-state index contributed by atoms with van der Waals surface area (Å²) in [5.41, 5.74) is 1.55. The molecule has 3 heterocycles. The Labute approximate surface area is 192 Å². The second-order valence-electron chi connectivity index (χ2n) is 8.38. The molecule has 0 N–H and O–H groups in total. The summed E-state index contributed by atoms with van der Waals surface area (Å²) >= 11 is 0. The van der Waals surface area contributed by atoms with E-state index in [9.17, 15) is 9.59 Å². The molecule has 0 saturated carbocycles. The minimum Gasteiger partial charge on any atom is -0.494 e. The number of para-hydroxylation sites is 1. The van der Waals surface area contributed by atoms with Gasteiger partial charge in [-0.3, -0.25) is 14.5 Å². The number of carbonyl (C=O) groups excluding carboxylic acids is 1. The summed E-state index contributed by atoms with van der Waals surface area (Å²) in [4.78, 5) is 31.2. The van der Waals surface area contributed by atoms with Gasteiger partial charge in [-0.2, -0.15) is 0 Å². The van der Waals surface area contributed by atoms with Crippen molar-refractivity contribution in [2.45, 2.75) is 19.4 Å². The quantitative estimate of drug-likeness (QED) is 0.551. The number of hydrogen-bond donors (Lipinski definition) is 0. The molecule has 0 radical (unpaired) electrons. The van der Waals surface area contributed by atoms with Crippen molar-refractivity contribution in [2.24, 2.45) is 0 Å². The number of fused-ring (bicyclic) bond motifs is 2. The monoisotopic (exact) mass is 448 g/mol. The average Bonchev–Trinajstić information content (AvgIpc) is 3.12. The van der Waals surface area contributed by atoms with Crippen LogP contribution in [0.5, 0.6) is 5.75 Å². The summed E-state index contributed by atoms with van der Waals surface area (Å²) in [6.07, 6.45) is 0.801. The number of amides is 1. The van der Waals surface area contributed by atoms with Crippen molar-refractivity contribution in [1.82, 2.24) is 9.80 Å². The molecule has 1 atom stereocenters. The van der Waals surface area contributed by atoms with Crippen molar-refractivity contribution in [3.8, 4) is 5.75 Å². The van der Waals surface area contributed by atoms with E-state index in [2.05, 4.69) is 4.90 Å². The Morgan fingerprint density at radius 2 is 1.85 bits per heavy atom. The van der Waals surface area contributed by atoms with Crippen molar-refractivity contribution >= 4 is 16.9 Å². The van der Waals surface area contributed by atoms with Gasteiger partial charge in [0.1, 0.15) is 11.3 Å². The number of carbonyl (C=O) groups is 1. The number of benzene rings is 2. The minimum atomic E-state index is -0.501. The minimum absolute atomic E-state index is 0.150. The topological polar surface area (TPSA) is 72.2 Å². The van der Waals surface area contributed by atoms with Crippen molar-refractivity contribution in [3.63, 3.8) is 0 Å². The number of morpholine rings is 1. The van der Waals surface area contributed by atoms with Crippen LogP contribution in [0, 0.1) is 0 Å². The first kappa shape index (κ1) is 21.7. The van der Waals surface area contributed by atoms with Gasteiger partial charge in [0.15, 0.2) is 5.43 Å². The molecule has 5 rings (SSSR count). The molecule has 2 aliphatic heterocycles. The second kappa shape index (κ2) is 9.37. The Bertz CT molecular complexity index is 1210. The molecule has 0 bridgehead atoms. The molecular weight excluding hydrogens is 420 g/mol. The molecular formula is C26H28N2O5. The number of hydrogen-bond acceptors (Lipinski definition) is 6. The zero-order chi connectivity index (χ0) is 22.8. The van der Waals surface area contributed by atoms with E-state index in [0.717, 1.165) is 44.8 Å². The molecule has 2 aliphatic rings. The second-order valence-corrected chi connectivity index (χ2v) is 8.38. The Morgan fingerprint density at radius 3 is 2.67 bits per heavy atom. The predicted octanol–water partition coefficient (Wildman–Crippen LogP) is 3.46. The molecule has 1 fully saturated rings. The Hall–Kier alpha value is -3.16. The SMILES string of the molecule is CCOc1cccc([C@@H]2c3c(oc4ccccc4c3=O)C(=O)N2CCCN2CCOCC2)c1. The third-order valence-corrected chi connectivity index (χ3v) is 6.34. The summed E-state index contributed by atoms with van der Waals surface area (Å²) in [6, 6.07) is 14.2. The third-order valence-electron chi connectivity index (χ3n) is 6.34. The molecule has 172 valence electrons. The maximum atomic E-state index is 13.5. The first-order valence-corrected chi connectivity index (χ1v) is 11.6. The van der Waals surface area contributed by atoms with E-state index in [1.165, 1.54) is 0 Å². The average molecular weight is 449 g/mol. The lowest BCUT2D eigenvalue weighted by atomic mass is 9.98. The van der Waals surface area contributed by atoms with Gasteiger partial charge in [0.2, 0.25) is 5.76 Å². The largest absolute Gasteiger partial charge is 0.494 e. The summed E-state index contributed by atoms with van der Waals surface area (Å²) in [5, 5.41) is 0.491. The lowest BCUT2D eigenvalue weighted by Gasteiger charge is -2.29. The number of rotatable bonds is 7. The predicted molar refractivity (Wildman–Crippen MR) is 125 cm³/mol. The first-order chi connectivity index (χ1) is 16.2. The molecule has 3 aromatic rings. The van der Waals surface area contributed by atoms with E-state index in [4.69, 9.17) is 13.9 Å². The highest BCUT2D eigenvalue weighted by molar-refractivity contribution is 5.99. The van der Waals surface area contributed by atoms with Crippen molar-refractivity contribution in [3.05, 3.63) is 75.6 Å². The molecule has 1 aromatic heterocycles. The van der Waals surface area contributed by atoms with Crippen molar-refractivity contribution < 1.29 is 18.7 Å². The highest BCUT2D eigenvalue weighted by Crippen LogP contribution is 2.39. The van der Waals surface area contributed by atoms with E-state index < -0.39 is 6.04 Å². The number of nitrogens with zero attached hydrogens (tertiary/aromatic N) is 2. The van der Waals surface area contributed by atoms with E-state index in [1.807, 2.05) is 37.3 Å². The smallest absolute Gasteiger partial charge is 0.290 e. The summed E-state index contributed by atoms with van der Waals surface area (Å²) < 4.78 is 17.1.